The summed E-state index contributed by atoms with van der Waals surface area (Å²) >= 11 is 0. The molecular formula is C16H14N2O5. The maximum absolute atomic E-state index is 12.7. The van der Waals surface area contributed by atoms with Crippen LogP contribution < -0.4 is 10.6 Å². The van der Waals surface area contributed by atoms with E-state index >= 15 is 0 Å². The van der Waals surface area contributed by atoms with Gasteiger partial charge >= 0.3 is 5.97 Å². The Morgan fingerprint density at radius 2 is 2.09 bits per heavy atom. The monoisotopic (exact) mass is 314 g/mol. The third-order valence-corrected chi connectivity index (χ3v) is 4.69. The van der Waals surface area contributed by atoms with Gasteiger partial charge in [-0.25, -0.2) is 0 Å². The van der Waals surface area contributed by atoms with E-state index in [0.717, 1.165) is 0 Å². The minimum atomic E-state index is -1.12. The molecule has 7 heteroatoms. The third kappa shape index (κ3) is 1.90. The van der Waals surface area contributed by atoms with E-state index in [9.17, 15) is 19.5 Å². The number of nitrogens with one attached hydrogen (secondary N) is 2. The van der Waals surface area contributed by atoms with Crippen LogP contribution in [0.25, 0.3) is 0 Å². The van der Waals surface area contributed by atoms with Gasteiger partial charge in [0.1, 0.15) is 11.5 Å². The van der Waals surface area contributed by atoms with Crippen molar-refractivity contribution in [2.75, 3.05) is 11.9 Å². The summed E-state index contributed by atoms with van der Waals surface area (Å²) in [6, 6.07) is 6.62. The fraction of sp³-hybridized carbons (Fsp3) is 0.312. The molecule has 1 spiro atoms. The lowest BCUT2D eigenvalue weighted by Crippen LogP contribution is -2.50. The first-order valence-corrected chi connectivity index (χ1v) is 7.30. The Bertz CT molecular complexity index is 759. The highest BCUT2D eigenvalue weighted by Gasteiger charge is 2.62. The van der Waals surface area contributed by atoms with E-state index in [0.29, 0.717) is 11.3 Å². The summed E-state index contributed by atoms with van der Waals surface area (Å²) in [7, 11) is 0. The van der Waals surface area contributed by atoms with Crippen LogP contribution in [-0.2, 0) is 14.3 Å². The lowest BCUT2D eigenvalue weighted by Gasteiger charge is -2.30. The molecule has 0 aromatic heterocycles. The second-order valence-corrected chi connectivity index (χ2v) is 5.96. The number of para-hydroxylation sites is 1. The van der Waals surface area contributed by atoms with E-state index in [1.807, 2.05) is 0 Å². The molecule has 3 N–H and O–H groups in total. The highest BCUT2D eigenvalue weighted by Crippen LogP contribution is 2.47. The summed E-state index contributed by atoms with van der Waals surface area (Å²) in [4.78, 5) is 36.7. The van der Waals surface area contributed by atoms with E-state index in [2.05, 4.69) is 10.6 Å². The average Bonchev–Trinajstić information content (AvgIpc) is 3.09. The number of carboxylic acid groups (broad SMARTS) is 1. The predicted octanol–water partition coefficient (Wildman–Crippen LogP) is 0.393. The van der Waals surface area contributed by atoms with Crippen molar-refractivity contribution in [2.45, 2.75) is 11.7 Å². The van der Waals surface area contributed by atoms with Gasteiger partial charge in [0.25, 0.3) is 5.91 Å². The summed E-state index contributed by atoms with van der Waals surface area (Å²) in [5.41, 5.74) is -0.416. The molecule has 1 saturated heterocycles. The van der Waals surface area contributed by atoms with Gasteiger partial charge in [0.15, 0.2) is 0 Å². The van der Waals surface area contributed by atoms with Crippen LogP contribution in [0.1, 0.15) is 10.4 Å². The first kappa shape index (κ1) is 14.0. The predicted molar refractivity (Wildman–Crippen MR) is 78.8 cm³/mol. The number of carbonyl (C=O) groups excluding carboxylic acids is 2. The zero-order valence-corrected chi connectivity index (χ0v) is 12.0. The Kier molecular flexibility index (Phi) is 2.83. The molecule has 118 valence electrons. The maximum atomic E-state index is 12.7. The minimum Gasteiger partial charge on any atom is -0.481 e. The molecule has 3 heterocycles. The molecule has 3 aliphatic rings. The molecule has 4 atom stereocenters. The van der Waals surface area contributed by atoms with Crippen LogP contribution in [-0.4, -0.2) is 41.1 Å². The molecule has 7 nitrogen and oxygen atoms in total. The van der Waals surface area contributed by atoms with Crippen molar-refractivity contribution in [2.24, 2.45) is 11.8 Å². The average molecular weight is 314 g/mol. The van der Waals surface area contributed by atoms with Crippen molar-refractivity contribution in [1.29, 1.82) is 0 Å². The molecule has 1 aromatic rings. The van der Waals surface area contributed by atoms with Crippen molar-refractivity contribution >= 4 is 23.5 Å². The highest BCUT2D eigenvalue weighted by molar-refractivity contribution is 6.06. The molecule has 1 fully saturated rings. The summed E-state index contributed by atoms with van der Waals surface area (Å²) in [5.74, 6) is -3.74. The zero-order chi connectivity index (χ0) is 16.2. The number of benzene rings is 1. The number of hydrogen-bond donors (Lipinski definition) is 3. The normalized spacial score (nSPS) is 34.5. The Morgan fingerprint density at radius 3 is 2.87 bits per heavy atom. The number of anilines is 1. The van der Waals surface area contributed by atoms with Crippen LogP contribution in [0.5, 0.6) is 0 Å². The van der Waals surface area contributed by atoms with E-state index < -0.39 is 35.4 Å². The number of ether oxygens (including phenoxy) is 1. The van der Waals surface area contributed by atoms with E-state index in [1.54, 1.807) is 36.4 Å². The topological polar surface area (TPSA) is 105 Å². The number of carboxylic acids is 1. The van der Waals surface area contributed by atoms with Crippen LogP contribution in [0.2, 0.25) is 0 Å². The van der Waals surface area contributed by atoms with Gasteiger partial charge < -0.3 is 20.5 Å². The Labute approximate surface area is 131 Å². The summed E-state index contributed by atoms with van der Waals surface area (Å²) in [5, 5.41) is 14.9. The molecule has 0 unspecified atom stereocenters. The molecule has 2 amide bonds. The lowest BCUT2D eigenvalue weighted by molar-refractivity contribution is -0.146. The van der Waals surface area contributed by atoms with Gasteiger partial charge in [-0.2, -0.15) is 0 Å². The maximum Gasteiger partial charge on any atom is 0.310 e. The molecule has 3 aliphatic heterocycles. The van der Waals surface area contributed by atoms with Gasteiger partial charge in [-0.3, -0.25) is 14.4 Å². The Balaban J connectivity index is 1.81. The van der Waals surface area contributed by atoms with E-state index in [-0.39, 0.29) is 12.5 Å². The van der Waals surface area contributed by atoms with E-state index in [1.165, 1.54) is 0 Å². The number of carbonyl (C=O) groups is 3. The van der Waals surface area contributed by atoms with Crippen molar-refractivity contribution in [3.63, 3.8) is 0 Å². The fourth-order valence-electron chi connectivity index (χ4n) is 3.65. The minimum absolute atomic E-state index is 0.0506. The lowest BCUT2D eigenvalue weighted by atomic mass is 9.74. The summed E-state index contributed by atoms with van der Waals surface area (Å²) in [6.45, 7) is 0.0506. The Hall–Kier alpha value is -2.67. The third-order valence-electron chi connectivity index (χ3n) is 4.69. The van der Waals surface area contributed by atoms with Gasteiger partial charge in [-0.1, -0.05) is 24.3 Å². The molecular weight excluding hydrogens is 300 g/mol. The van der Waals surface area contributed by atoms with Gasteiger partial charge in [-0.05, 0) is 12.1 Å². The van der Waals surface area contributed by atoms with E-state index in [4.69, 9.17) is 4.74 Å². The van der Waals surface area contributed by atoms with Gasteiger partial charge in [0.05, 0.1) is 29.8 Å². The van der Waals surface area contributed by atoms with Crippen LogP contribution in [0.15, 0.2) is 36.4 Å². The smallest absolute Gasteiger partial charge is 0.310 e. The Morgan fingerprint density at radius 1 is 1.30 bits per heavy atom. The fourth-order valence-corrected chi connectivity index (χ4v) is 3.65. The van der Waals surface area contributed by atoms with Crippen LogP contribution >= 0.6 is 0 Å². The van der Waals surface area contributed by atoms with Gasteiger partial charge in [-0.15, -0.1) is 0 Å². The second-order valence-electron chi connectivity index (χ2n) is 5.96. The quantitative estimate of drug-likeness (QED) is 0.651. The molecule has 0 saturated carbocycles. The molecule has 1 aromatic carbocycles. The molecule has 4 rings (SSSR count). The van der Waals surface area contributed by atoms with Crippen LogP contribution in [0, 0.1) is 11.8 Å². The SMILES string of the molecule is O=C1NC[C@]23C=C[C@H](O2)[C@H](C(=O)O)[C@@H]3C(=O)Nc2ccccc21. The number of hydrogen-bond acceptors (Lipinski definition) is 4. The first-order valence-electron chi connectivity index (χ1n) is 7.30. The second kappa shape index (κ2) is 4.66. The van der Waals surface area contributed by atoms with Gasteiger partial charge in [0.2, 0.25) is 5.91 Å². The van der Waals surface area contributed by atoms with Crippen LogP contribution in [0.4, 0.5) is 5.69 Å². The number of aliphatic carboxylic acids is 1. The molecule has 23 heavy (non-hydrogen) atoms. The molecule has 2 bridgehead atoms. The summed E-state index contributed by atoms with van der Waals surface area (Å²) < 4.78 is 5.78. The largest absolute Gasteiger partial charge is 0.481 e. The van der Waals surface area contributed by atoms with Gasteiger partial charge in [0, 0.05) is 0 Å². The van der Waals surface area contributed by atoms with Crippen molar-refractivity contribution in [3.05, 3.63) is 42.0 Å². The molecule has 0 radical (unpaired) electrons. The highest BCUT2D eigenvalue weighted by atomic mass is 16.5. The summed E-state index contributed by atoms with van der Waals surface area (Å²) in [6.07, 6.45) is 2.69. The molecule has 0 aliphatic carbocycles. The van der Waals surface area contributed by atoms with Crippen molar-refractivity contribution < 1.29 is 24.2 Å². The first-order chi connectivity index (χ1) is 11.0. The number of amides is 2. The van der Waals surface area contributed by atoms with Crippen molar-refractivity contribution in [1.82, 2.24) is 5.32 Å². The standard InChI is InChI=1S/C16H14N2O5/c19-13-8-3-1-2-4-9(8)18-14(20)12-11(15(21)22)10-5-6-16(12,23-10)7-17-13/h1-6,10-12H,7H2,(H,17,19)(H,18,20)(H,21,22)/t10-,11-,12+,16-/m0/s1. The number of fused-ring (bicyclic) bond motifs is 2. The number of rotatable bonds is 1. The van der Waals surface area contributed by atoms with Crippen molar-refractivity contribution in [3.8, 4) is 0 Å². The zero-order valence-electron chi connectivity index (χ0n) is 12.0. The van der Waals surface area contributed by atoms with Crippen LogP contribution in [0.3, 0.4) is 0 Å².